The van der Waals surface area contributed by atoms with Crippen molar-refractivity contribution in [1.82, 2.24) is 10.6 Å². The number of aliphatic hydroxyl groups excluding tert-OH is 1. The molecule has 2 atom stereocenters. The first kappa shape index (κ1) is 9.48. The van der Waals surface area contributed by atoms with Crippen LogP contribution in [-0.4, -0.2) is 23.1 Å². The molecule has 0 saturated carbocycles. The molecule has 1 spiro atoms. The predicted octanol–water partition coefficient (Wildman–Crippen LogP) is -2.37. The Morgan fingerprint density at radius 2 is 2.20 bits per heavy atom. The highest BCUT2D eigenvalue weighted by molar-refractivity contribution is 6.13. The first-order valence-electron chi connectivity index (χ1n) is 4.23. The molecular weight excluding hydrogens is 200 g/mol. The second-order valence-corrected chi connectivity index (χ2v) is 3.45. The van der Waals surface area contributed by atoms with E-state index >= 15 is 0 Å². The summed E-state index contributed by atoms with van der Waals surface area (Å²) in [4.78, 5) is 23.1. The lowest BCUT2D eigenvalue weighted by molar-refractivity contribution is -0.136. The lowest BCUT2D eigenvalue weighted by Crippen LogP contribution is -2.41. The Labute approximate surface area is 84.5 Å². The Morgan fingerprint density at radius 1 is 1.53 bits per heavy atom. The van der Waals surface area contributed by atoms with Gasteiger partial charge in [0, 0.05) is 6.42 Å². The first-order valence-corrected chi connectivity index (χ1v) is 4.23. The predicted molar refractivity (Wildman–Crippen MR) is 46.2 cm³/mol. The highest BCUT2D eigenvalue weighted by Crippen LogP contribution is 2.41. The van der Waals surface area contributed by atoms with Gasteiger partial charge >= 0.3 is 0 Å². The second kappa shape index (κ2) is 2.71. The van der Waals surface area contributed by atoms with Crippen molar-refractivity contribution < 1.29 is 14.7 Å². The van der Waals surface area contributed by atoms with Gasteiger partial charge in [0.2, 0.25) is 11.8 Å². The van der Waals surface area contributed by atoms with Crippen molar-refractivity contribution in [2.45, 2.75) is 12.6 Å². The third-order valence-electron chi connectivity index (χ3n) is 2.63. The quantitative estimate of drug-likeness (QED) is 0.331. The minimum absolute atomic E-state index is 0.119. The van der Waals surface area contributed by atoms with Crippen LogP contribution in [-0.2, 0) is 9.59 Å². The van der Waals surface area contributed by atoms with Gasteiger partial charge in [0.25, 0.3) is 0 Å². The fourth-order valence-electron chi connectivity index (χ4n) is 1.91. The molecule has 2 heterocycles. The molecule has 2 amide bonds. The van der Waals surface area contributed by atoms with Crippen LogP contribution >= 0.6 is 0 Å². The van der Waals surface area contributed by atoms with Gasteiger partial charge in [0.1, 0.15) is 18.1 Å². The van der Waals surface area contributed by atoms with Crippen LogP contribution in [0.2, 0.25) is 0 Å². The molecule has 2 aliphatic rings. The topological polar surface area (TPSA) is 128 Å². The van der Waals surface area contributed by atoms with Gasteiger partial charge in [-0.05, 0) is 0 Å². The number of nitrogens with two attached hydrogens (primary N) is 1. The zero-order valence-electron chi connectivity index (χ0n) is 7.57. The van der Waals surface area contributed by atoms with Crippen molar-refractivity contribution in [3.8, 4) is 6.07 Å². The molecule has 1 fully saturated rings. The summed E-state index contributed by atoms with van der Waals surface area (Å²) in [5, 5.41) is 22.5. The largest absolute Gasteiger partial charge is 0.384 e. The highest BCUT2D eigenvalue weighted by atomic mass is 16.3. The number of aliphatic hydroxyl groups is 1. The number of hydrogen-bond donors (Lipinski definition) is 4. The Balaban J connectivity index is 2.57. The van der Waals surface area contributed by atoms with Crippen LogP contribution < -0.4 is 16.4 Å². The van der Waals surface area contributed by atoms with Gasteiger partial charge in [-0.25, -0.2) is 0 Å². The molecule has 15 heavy (non-hydrogen) atoms. The standard InChI is InChI=1S/C8H8N4O3/c9-2-3-5(10)12-7(15)8(3)1-4(13)11-6(8)14/h4,13H,1,10H2,(H,11,14)(H,12,15). The SMILES string of the molecule is N#CC1=C(N)NC(=O)C12CC(O)NC2=O. The molecule has 7 heteroatoms. The minimum Gasteiger partial charge on any atom is -0.384 e. The average molecular weight is 208 g/mol. The van der Waals surface area contributed by atoms with E-state index in [1.165, 1.54) is 0 Å². The van der Waals surface area contributed by atoms with Gasteiger partial charge in [-0.2, -0.15) is 5.26 Å². The molecule has 0 bridgehead atoms. The summed E-state index contributed by atoms with van der Waals surface area (Å²) < 4.78 is 0. The number of hydrogen-bond acceptors (Lipinski definition) is 5. The lowest BCUT2D eigenvalue weighted by atomic mass is 9.80. The van der Waals surface area contributed by atoms with E-state index in [2.05, 4.69) is 10.6 Å². The molecule has 5 N–H and O–H groups in total. The second-order valence-electron chi connectivity index (χ2n) is 3.45. The van der Waals surface area contributed by atoms with Crippen LogP contribution in [0.5, 0.6) is 0 Å². The summed E-state index contributed by atoms with van der Waals surface area (Å²) in [6.07, 6.45) is -1.29. The first-order chi connectivity index (χ1) is 7.02. The van der Waals surface area contributed by atoms with E-state index in [0.29, 0.717) is 0 Å². The van der Waals surface area contributed by atoms with Crippen LogP contribution in [0.25, 0.3) is 0 Å². The summed E-state index contributed by atoms with van der Waals surface area (Å²) in [6, 6.07) is 1.73. The van der Waals surface area contributed by atoms with Gasteiger partial charge < -0.3 is 21.5 Å². The zero-order valence-corrected chi connectivity index (χ0v) is 7.57. The molecule has 78 valence electrons. The van der Waals surface area contributed by atoms with E-state index in [9.17, 15) is 14.7 Å². The summed E-state index contributed by atoms with van der Waals surface area (Å²) in [6.45, 7) is 0. The number of nitrogens with one attached hydrogen (secondary N) is 2. The van der Waals surface area contributed by atoms with E-state index in [1.807, 2.05) is 0 Å². The number of carbonyl (C=O) groups is 2. The minimum atomic E-state index is -1.64. The van der Waals surface area contributed by atoms with Gasteiger partial charge in [0.05, 0.1) is 5.57 Å². The lowest BCUT2D eigenvalue weighted by Gasteiger charge is -2.15. The molecule has 7 nitrogen and oxygen atoms in total. The smallest absolute Gasteiger partial charge is 0.246 e. The Kier molecular flexibility index (Phi) is 1.71. The van der Waals surface area contributed by atoms with Gasteiger partial charge in [0.15, 0.2) is 5.41 Å². The summed E-state index contributed by atoms with van der Waals surface area (Å²) in [7, 11) is 0. The third kappa shape index (κ3) is 0.964. The molecule has 0 aromatic heterocycles. The number of nitrogens with zero attached hydrogens (tertiary/aromatic N) is 1. The summed E-state index contributed by atoms with van der Waals surface area (Å²) in [5.41, 5.74) is 3.64. The van der Waals surface area contributed by atoms with Crippen LogP contribution in [0, 0.1) is 16.7 Å². The van der Waals surface area contributed by atoms with E-state index in [-0.39, 0.29) is 17.8 Å². The molecule has 0 radical (unpaired) electrons. The number of nitriles is 1. The fraction of sp³-hybridized carbons (Fsp3) is 0.375. The number of rotatable bonds is 0. The highest BCUT2D eigenvalue weighted by Gasteiger charge is 2.59. The van der Waals surface area contributed by atoms with Crippen molar-refractivity contribution in [1.29, 1.82) is 5.26 Å². The maximum atomic E-state index is 11.6. The molecule has 2 aliphatic heterocycles. The van der Waals surface area contributed by atoms with Crippen LogP contribution in [0.1, 0.15) is 6.42 Å². The van der Waals surface area contributed by atoms with Gasteiger partial charge in [-0.1, -0.05) is 0 Å². The Hall–Kier alpha value is -2.07. The maximum absolute atomic E-state index is 11.6. The normalized spacial score (nSPS) is 34.3. The molecule has 2 rings (SSSR count). The van der Waals surface area contributed by atoms with Crippen LogP contribution in [0.3, 0.4) is 0 Å². The monoisotopic (exact) mass is 208 g/mol. The zero-order chi connectivity index (χ0) is 11.2. The molecule has 2 unspecified atom stereocenters. The molecule has 0 aromatic carbocycles. The number of carbonyl (C=O) groups excluding carboxylic acids is 2. The van der Waals surface area contributed by atoms with E-state index in [0.717, 1.165) is 0 Å². The fourth-order valence-corrected chi connectivity index (χ4v) is 1.91. The average Bonchev–Trinajstić information content (AvgIpc) is 2.55. The Morgan fingerprint density at radius 3 is 2.67 bits per heavy atom. The Bertz CT molecular complexity index is 436. The van der Waals surface area contributed by atoms with Crippen molar-refractivity contribution in [2.24, 2.45) is 11.1 Å². The van der Waals surface area contributed by atoms with Gasteiger partial charge in [-0.3, -0.25) is 9.59 Å². The van der Waals surface area contributed by atoms with E-state index in [1.54, 1.807) is 6.07 Å². The molecule has 0 aliphatic carbocycles. The van der Waals surface area contributed by atoms with E-state index < -0.39 is 23.5 Å². The number of amides is 2. The van der Waals surface area contributed by atoms with Gasteiger partial charge in [-0.15, -0.1) is 0 Å². The van der Waals surface area contributed by atoms with Crippen molar-refractivity contribution in [3.05, 3.63) is 11.4 Å². The molecule has 0 aromatic rings. The molecule has 1 saturated heterocycles. The van der Waals surface area contributed by atoms with Crippen molar-refractivity contribution in [2.75, 3.05) is 0 Å². The third-order valence-corrected chi connectivity index (χ3v) is 2.63. The van der Waals surface area contributed by atoms with Crippen molar-refractivity contribution >= 4 is 11.8 Å². The maximum Gasteiger partial charge on any atom is 0.246 e. The summed E-state index contributed by atoms with van der Waals surface area (Å²) >= 11 is 0. The van der Waals surface area contributed by atoms with Crippen molar-refractivity contribution in [3.63, 3.8) is 0 Å². The summed E-state index contributed by atoms with van der Waals surface area (Å²) in [5.74, 6) is -1.47. The van der Waals surface area contributed by atoms with Crippen LogP contribution in [0.15, 0.2) is 11.4 Å². The molecular formula is C8H8N4O3. The van der Waals surface area contributed by atoms with Crippen LogP contribution in [0.4, 0.5) is 0 Å². The van der Waals surface area contributed by atoms with E-state index in [4.69, 9.17) is 11.0 Å².